The third kappa shape index (κ3) is 5.57. The predicted octanol–water partition coefficient (Wildman–Crippen LogP) is 3.61. The maximum absolute atomic E-state index is 13.0. The van der Waals surface area contributed by atoms with E-state index in [1.807, 2.05) is 47.6 Å². The number of aliphatic imine (C=N–C) groups is 1. The number of ether oxygens (including phenoxy) is 2. The van der Waals surface area contributed by atoms with Gasteiger partial charge in [0.15, 0.2) is 5.17 Å². The highest BCUT2D eigenvalue weighted by Gasteiger charge is 2.41. The summed E-state index contributed by atoms with van der Waals surface area (Å²) >= 11 is 1.47. The van der Waals surface area contributed by atoms with Crippen molar-refractivity contribution in [2.24, 2.45) is 10.9 Å². The molecule has 166 valence electrons. The molecule has 8 heteroatoms. The standard InChI is InChI=1S/C23H29N3O4S/c1-15(2)13-24-19(27)12-18-14-31-23-25-16(3)20(22(28)30-11-10-29-4)21(26(18)23)17-8-6-5-7-9-17/h5-9,14-15,21H,10-13H2,1-4H3,(H,24,27). The first kappa shape index (κ1) is 23.1. The molecule has 1 amide bonds. The molecule has 1 unspecified atom stereocenters. The van der Waals surface area contributed by atoms with Crippen LogP contribution in [0.1, 0.15) is 38.8 Å². The van der Waals surface area contributed by atoms with E-state index < -0.39 is 12.0 Å². The molecule has 2 aliphatic heterocycles. The minimum absolute atomic E-state index is 0.0518. The van der Waals surface area contributed by atoms with Crippen molar-refractivity contribution in [3.63, 3.8) is 0 Å². The van der Waals surface area contributed by atoms with E-state index in [9.17, 15) is 9.59 Å². The number of carbonyl (C=O) groups excluding carboxylic acids is 2. The number of nitrogens with one attached hydrogen (secondary N) is 1. The molecule has 2 aliphatic rings. The number of amides is 1. The number of esters is 1. The average molecular weight is 444 g/mol. The molecule has 0 fully saturated rings. The van der Waals surface area contributed by atoms with Crippen LogP contribution >= 0.6 is 11.8 Å². The molecule has 31 heavy (non-hydrogen) atoms. The van der Waals surface area contributed by atoms with Gasteiger partial charge in [0.2, 0.25) is 5.91 Å². The van der Waals surface area contributed by atoms with Crippen LogP contribution in [0.3, 0.4) is 0 Å². The second-order valence-corrected chi connectivity index (χ2v) is 8.64. The lowest BCUT2D eigenvalue weighted by Crippen LogP contribution is -2.38. The van der Waals surface area contributed by atoms with Gasteiger partial charge in [-0.1, -0.05) is 55.9 Å². The van der Waals surface area contributed by atoms with Gasteiger partial charge >= 0.3 is 5.97 Å². The monoisotopic (exact) mass is 443 g/mol. The molecule has 3 rings (SSSR count). The van der Waals surface area contributed by atoms with Crippen molar-refractivity contribution in [3.05, 3.63) is 58.3 Å². The number of methoxy groups -OCH3 is 1. The molecule has 1 N–H and O–H groups in total. The van der Waals surface area contributed by atoms with Crippen LogP contribution in [0.2, 0.25) is 0 Å². The van der Waals surface area contributed by atoms with Crippen LogP contribution in [0.15, 0.2) is 57.7 Å². The summed E-state index contributed by atoms with van der Waals surface area (Å²) in [5.74, 6) is -0.102. The van der Waals surface area contributed by atoms with Gasteiger partial charge in [-0.05, 0) is 23.8 Å². The Balaban J connectivity index is 1.91. The fraction of sp³-hybridized carbons (Fsp3) is 0.435. The van der Waals surface area contributed by atoms with E-state index in [2.05, 4.69) is 24.2 Å². The summed E-state index contributed by atoms with van der Waals surface area (Å²) < 4.78 is 10.5. The van der Waals surface area contributed by atoms with Gasteiger partial charge in [-0.15, -0.1) is 0 Å². The number of hydrogen-bond acceptors (Lipinski definition) is 7. The van der Waals surface area contributed by atoms with Gasteiger partial charge < -0.3 is 19.7 Å². The first-order valence-corrected chi connectivity index (χ1v) is 11.2. The van der Waals surface area contributed by atoms with Gasteiger partial charge in [0, 0.05) is 19.4 Å². The first-order chi connectivity index (χ1) is 14.9. The fourth-order valence-corrected chi connectivity index (χ4v) is 4.39. The van der Waals surface area contributed by atoms with E-state index in [0.29, 0.717) is 30.3 Å². The molecular formula is C23H29N3O4S. The van der Waals surface area contributed by atoms with E-state index in [1.54, 1.807) is 7.11 Å². The van der Waals surface area contributed by atoms with Gasteiger partial charge in [0.05, 0.1) is 30.3 Å². The Morgan fingerprint density at radius 3 is 2.65 bits per heavy atom. The van der Waals surface area contributed by atoms with Crippen LogP contribution in [0.25, 0.3) is 0 Å². The third-order valence-corrected chi connectivity index (χ3v) is 5.79. The topological polar surface area (TPSA) is 80.2 Å². The summed E-state index contributed by atoms with van der Waals surface area (Å²) in [7, 11) is 1.56. The zero-order valence-electron chi connectivity index (χ0n) is 18.4. The first-order valence-electron chi connectivity index (χ1n) is 10.3. The van der Waals surface area contributed by atoms with E-state index in [4.69, 9.17) is 9.47 Å². The summed E-state index contributed by atoms with van der Waals surface area (Å²) in [6.07, 6.45) is 0.215. The van der Waals surface area contributed by atoms with E-state index in [-0.39, 0.29) is 18.9 Å². The van der Waals surface area contributed by atoms with Crippen molar-refractivity contribution in [2.75, 3.05) is 26.9 Å². The Bertz CT molecular complexity index is 909. The molecule has 1 aromatic carbocycles. The van der Waals surface area contributed by atoms with Gasteiger partial charge in [-0.25, -0.2) is 9.79 Å². The van der Waals surface area contributed by atoms with Gasteiger partial charge in [0.25, 0.3) is 0 Å². The van der Waals surface area contributed by atoms with Crippen molar-refractivity contribution < 1.29 is 19.1 Å². The maximum atomic E-state index is 13.0. The van der Waals surface area contributed by atoms with Crippen LogP contribution in [0.4, 0.5) is 0 Å². The summed E-state index contributed by atoms with van der Waals surface area (Å²) in [6, 6.07) is 9.34. The number of fused-ring (bicyclic) bond motifs is 1. The van der Waals surface area contributed by atoms with Crippen molar-refractivity contribution in [1.82, 2.24) is 10.2 Å². The van der Waals surface area contributed by atoms with Gasteiger partial charge in [0.1, 0.15) is 6.61 Å². The molecule has 0 saturated heterocycles. The molecule has 0 bridgehead atoms. The summed E-state index contributed by atoms with van der Waals surface area (Å²) in [5.41, 5.74) is 2.84. The van der Waals surface area contributed by atoms with Crippen LogP contribution in [0.5, 0.6) is 0 Å². The molecule has 0 aromatic heterocycles. The highest BCUT2D eigenvalue weighted by Crippen LogP contribution is 2.44. The normalized spacial score (nSPS) is 18.0. The number of benzene rings is 1. The lowest BCUT2D eigenvalue weighted by Gasteiger charge is -2.36. The average Bonchev–Trinajstić information content (AvgIpc) is 3.13. The molecule has 0 radical (unpaired) electrons. The minimum atomic E-state index is -0.424. The lowest BCUT2D eigenvalue weighted by molar-refractivity contribution is -0.141. The van der Waals surface area contributed by atoms with Crippen LogP contribution < -0.4 is 5.32 Å². The Morgan fingerprint density at radius 2 is 1.97 bits per heavy atom. The van der Waals surface area contributed by atoms with Crippen molar-refractivity contribution in [2.45, 2.75) is 33.2 Å². The predicted molar refractivity (Wildman–Crippen MR) is 122 cm³/mol. The second kappa shape index (κ2) is 10.6. The minimum Gasteiger partial charge on any atom is -0.460 e. The number of nitrogens with zero attached hydrogens (tertiary/aromatic N) is 2. The molecule has 2 heterocycles. The van der Waals surface area contributed by atoms with Crippen molar-refractivity contribution >= 4 is 28.8 Å². The van der Waals surface area contributed by atoms with Crippen molar-refractivity contribution in [1.29, 1.82) is 0 Å². The van der Waals surface area contributed by atoms with Gasteiger partial charge in [-0.3, -0.25) is 4.79 Å². The lowest BCUT2D eigenvalue weighted by atomic mass is 9.94. The van der Waals surface area contributed by atoms with Gasteiger partial charge in [-0.2, -0.15) is 0 Å². The SMILES string of the molecule is COCCOC(=O)C1=C(C)N=C2SC=C(CC(=O)NCC(C)C)N2C1c1ccccc1. The smallest absolute Gasteiger partial charge is 0.338 e. The second-order valence-electron chi connectivity index (χ2n) is 7.81. The third-order valence-electron chi connectivity index (χ3n) is 4.91. The summed E-state index contributed by atoms with van der Waals surface area (Å²) in [4.78, 5) is 32.2. The number of rotatable bonds is 9. The Hall–Kier alpha value is -2.58. The number of carbonyl (C=O) groups is 2. The Kier molecular flexibility index (Phi) is 7.92. The maximum Gasteiger partial charge on any atom is 0.338 e. The highest BCUT2D eigenvalue weighted by molar-refractivity contribution is 8.16. The molecule has 1 aromatic rings. The van der Waals surface area contributed by atoms with Crippen LogP contribution in [-0.4, -0.2) is 48.8 Å². The van der Waals surface area contributed by atoms with Crippen molar-refractivity contribution in [3.8, 4) is 0 Å². The largest absolute Gasteiger partial charge is 0.460 e. The zero-order chi connectivity index (χ0) is 22.4. The van der Waals surface area contributed by atoms with E-state index in [1.165, 1.54) is 11.8 Å². The Labute approximate surface area is 187 Å². The number of thioether (sulfide) groups is 1. The quantitative estimate of drug-likeness (QED) is 0.464. The molecule has 7 nitrogen and oxygen atoms in total. The number of allylic oxidation sites excluding steroid dienone is 1. The van der Waals surface area contributed by atoms with E-state index in [0.717, 1.165) is 16.4 Å². The number of hydrogen-bond donors (Lipinski definition) is 1. The molecular weight excluding hydrogens is 414 g/mol. The Morgan fingerprint density at radius 1 is 1.23 bits per heavy atom. The summed E-state index contributed by atoms with van der Waals surface area (Å²) in [5, 5.41) is 5.66. The van der Waals surface area contributed by atoms with Crippen LogP contribution in [-0.2, 0) is 19.1 Å². The molecule has 0 spiro atoms. The number of amidine groups is 1. The van der Waals surface area contributed by atoms with Crippen LogP contribution in [0, 0.1) is 5.92 Å². The molecule has 0 saturated carbocycles. The molecule has 0 aliphatic carbocycles. The summed E-state index contributed by atoms with van der Waals surface area (Å²) in [6.45, 7) is 7.05. The highest BCUT2D eigenvalue weighted by atomic mass is 32.2. The van der Waals surface area contributed by atoms with E-state index >= 15 is 0 Å². The molecule has 1 atom stereocenters. The fourth-order valence-electron chi connectivity index (χ4n) is 3.42. The zero-order valence-corrected chi connectivity index (χ0v) is 19.2.